The van der Waals surface area contributed by atoms with Crippen LogP contribution in [0.15, 0.2) is 51.5 Å². The third kappa shape index (κ3) is 2.56. The highest BCUT2D eigenvalue weighted by molar-refractivity contribution is 9.10. The van der Waals surface area contributed by atoms with E-state index in [1.807, 2.05) is 31.2 Å². The minimum absolute atomic E-state index is 0.310. The predicted molar refractivity (Wildman–Crippen MR) is 84.2 cm³/mol. The molecule has 2 N–H and O–H groups in total. The third-order valence-electron chi connectivity index (χ3n) is 3.23. The average molecular weight is 347 g/mol. The molecule has 5 heteroatoms. The summed E-state index contributed by atoms with van der Waals surface area (Å²) < 4.78 is 19.2. The monoisotopic (exact) mass is 346 g/mol. The van der Waals surface area contributed by atoms with Gasteiger partial charge in [0.1, 0.15) is 5.82 Å². The van der Waals surface area contributed by atoms with Gasteiger partial charge in [0.2, 0.25) is 0 Å². The van der Waals surface area contributed by atoms with Crippen LogP contribution in [0.1, 0.15) is 5.56 Å². The highest BCUT2D eigenvalue weighted by atomic mass is 79.9. The third-order valence-corrected chi connectivity index (χ3v) is 3.89. The van der Waals surface area contributed by atoms with Gasteiger partial charge in [-0.1, -0.05) is 35.0 Å². The molecular formula is C16H12BrFN2O. The number of nitrogens with two attached hydrogens (primary N) is 1. The van der Waals surface area contributed by atoms with Gasteiger partial charge in [0.15, 0.2) is 11.6 Å². The van der Waals surface area contributed by atoms with Crippen molar-refractivity contribution in [2.24, 2.45) is 0 Å². The molecule has 106 valence electrons. The number of hydrogen-bond donors (Lipinski definition) is 1. The summed E-state index contributed by atoms with van der Waals surface area (Å²) in [5.41, 5.74) is 9.41. The molecule has 0 unspecified atom stereocenters. The largest absolute Gasteiger partial charge is 0.380 e. The molecule has 0 aliphatic rings. The van der Waals surface area contributed by atoms with E-state index in [4.69, 9.17) is 10.3 Å². The maximum atomic E-state index is 13.2. The Morgan fingerprint density at radius 1 is 1.14 bits per heavy atom. The van der Waals surface area contributed by atoms with Crippen LogP contribution in [0.3, 0.4) is 0 Å². The lowest BCUT2D eigenvalue weighted by atomic mass is 10.0. The van der Waals surface area contributed by atoms with E-state index in [0.717, 1.165) is 11.1 Å². The van der Waals surface area contributed by atoms with Crippen molar-refractivity contribution in [1.29, 1.82) is 0 Å². The van der Waals surface area contributed by atoms with Crippen molar-refractivity contribution < 1.29 is 8.91 Å². The van der Waals surface area contributed by atoms with E-state index in [1.54, 1.807) is 6.07 Å². The van der Waals surface area contributed by atoms with Crippen LogP contribution in [0.2, 0.25) is 0 Å². The van der Waals surface area contributed by atoms with Crippen LogP contribution in [-0.2, 0) is 0 Å². The number of nitrogen functional groups attached to an aromatic ring is 1. The van der Waals surface area contributed by atoms with Gasteiger partial charge in [-0.05, 0) is 46.6 Å². The van der Waals surface area contributed by atoms with Crippen LogP contribution >= 0.6 is 15.9 Å². The first kappa shape index (κ1) is 13.8. The van der Waals surface area contributed by atoms with E-state index in [9.17, 15) is 4.39 Å². The van der Waals surface area contributed by atoms with Gasteiger partial charge in [0.05, 0.1) is 5.56 Å². The number of anilines is 1. The molecule has 1 heterocycles. The van der Waals surface area contributed by atoms with Gasteiger partial charge >= 0.3 is 0 Å². The molecule has 1 aromatic heterocycles. The highest BCUT2D eigenvalue weighted by Crippen LogP contribution is 2.39. The Morgan fingerprint density at radius 2 is 1.86 bits per heavy atom. The summed E-state index contributed by atoms with van der Waals surface area (Å²) in [5.74, 6) is 0.503. The molecule has 3 aromatic rings. The van der Waals surface area contributed by atoms with Gasteiger partial charge in [-0.3, -0.25) is 0 Å². The van der Waals surface area contributed by atoms with Crippen LogP contribution in [0.4, 0.5) is 10.2 Å². The summed E-state index contributed by atoms with van der Waals surface area (Å²) in [6.45, 7) is 2.01. The second kappa shape index (κ2) is 5.33. The van der Waals surface area contributed by atoms with Crippen molar-refractivity contribution in [3.63, 3.8) is 0 Å². The SMILES string of the molecule is Cc1ccc(-c2c(N)noc2-c2ccc(F)cc2Br)cc1. The first-order valence-corrected chi connectivity index (χ1v) is 7.13. The Balaban J connectivity index is 2.19. The predicted octanol–water partition coefficient (Wildman–Crippen LogP) is 4.80. The molecule has 3 nitrogen and oxygen atoms in total. The van der Waals surface area contributed by atoms with Crippen LogP contribution < -0.4 is 5.73 Å². The van der Waals surface area contributed by atoms with E-state index in [0.29, 0.717) is 27.2 Å². The number of aryl methyl sites for hydroxylation is 1. The molecule has 21 heavy (non-hydrogen) atoms. The van der Waals surface area contributed by atoms with Crippen molar-refractivity contribution in [3.8, 4) is 22.5 Å². The maximum Gasteiger partial charge on any atom is 0.178 e. The van der Waals surface area contributed by atoms with E-state index in [1.165, 1.54) is 12.1 Å². The van der Waals surface area contributed by atoms with Crippen LogP contribution in [0.25, 0.3) is 22.5 Å². The first-order valence-electron chi connectivity index (χ1n) is 6.34. The zero-order valence-electron chi connectivity index (χ0n) is 11.2. The van der Waals surface area contributed by atoms with Crippen molar-refractivity contribution in [3.05, 3.63) is 58.3 Å². The minimum atomic E-state index is -0.324. The van der Waals surface area contributed by atoms with Crippen molar-refractivity contribution in [1.82, 2.24) is 5.16 Å². The lowest BCUT2D eigenvalue weighted by Crippen LogP contribution is -1.89. The molecule has 0 amide bonds. The molecule has 0 spiro atoms. The zero-order valence-corrected chi connectivity index (χ0v) is 12.8. The summed E-state index contributed by atoms with van der Waals surface area (Å²) in [5, 5.41) is 3.84. The van der Waals surface area contributed by atoms with Crippen molar-refractivity contribution >= 4 is 21.7 Å². The lowest BCUT2D eigenvalue weighted by Gasteiger charge is -2.05. The van der Waals surface area contributed by atoms with Gasteiger partial charge in [-0.25, -0.2) is 4.39 Å². The molecule has 0 saturated heterocycles. The van der Waals surface area contributed by atoms with E-state index in [-0.39, 0.29) is 5.82 Å². The Labute approximate surface area is 129 Å². The summed E-state index contributed by atoms with van der Waals surface area (Å²) in [6.07, 6.45) is 0. The lowest BCUT2D eigenvalue weighted by molar-refractivity contribution is 0.436. The highest BCUT2D eigenvalue weighted by Gasteiger charge is 2.19. The van der Waals surface area contributed by atoms with Gasteiger partial charge < -0.3 is 10.3 Å². The minimum Gasteiger partial charge on any atom is -0.380 e. The number of hydrogen-bond acceptors (Lipinski definition) is 3. The van der Waals surface area contributed by atoms with Crippen LogP contribution in [0.5, 0.6) is 0 Å². The van der Waals surface area contributed by atoms with Crippen molar-refractivity contribution in [2.45, 2.75) is 6.92 Å². The molecular weight excluding hydrogens is 335 g/mol. The average Bonchev–Trinajstić information content (AvgIpc) is 2.82. The molecule has 0 aliphatic carbocycles. The van der Waals surface area contributed by atoms with Gasteiger partial charge in [0, 0.05) is 10.0 Å². The second-order valence-electron chi connectivity index (χ2n) is 4.76. The summed E-state index contributed by atoms with van der Waals surface area (Å²) in [6, 6.07) is 12.3. The number of halogens is 2. The number of nitrogens with zero attached hydrogens (tertiary/aromatic N) is 1. The van der Waals surface area contributed by atoms with E-state index >= 15 is 0 Å². The van der Waals surface area contributed by atoms with Crippen molar-refractivity contribution in [2.75, 3.05) is 5.73 Å². The van der Waals surface area contributed by atoms with Gasteiger partial charge in [-0.15, -0.1) is 0 Å². The summed E-state index contributed by atoms with van der Waals surface area (Å²) in [7, 11) is 0. The Kier molecular flexibility index (Phi) is 3.51. The smallest absolute Gasteiger partial charge is 0.178 e. The fourth-order valence-corrected chi connectivity index (χ4v) is 2.69. The fourth-order valence-electron chi connectivity index (χ4n) is 2.16. The first-order chi connectivity index (χ1) is 10.1. The Morgan fingerprint density at radius 3 is 2.52 bits per heavy atom. The van der Waals surface area contributed by atoms with E-state index < -0.39 is 0 Å². The zero-order chi connectivity index (χ0) is 15.0. The number of benzene rings is 2. The summed E-state index contributed by atoms with van der Waals surface area (Å²) >= 11 is 3.34. The molecule has 0 saturated carbocycles. The van der Waals surface area contributed by atoms with Crippen LogP contribution in [-0.4, -0.2) is 5.16 Å². The number of rotatable bonds is 2. The number of aromatic nitrogens is 1. The maximum absolute atomic E-state index is 13.2. The quantitative estimate of drug-likeness (QED) is 0.724. The van der Waals surface area contributed by atoms with Gasteiger partial charge in [0.25, 0.3) is 0 Å². The second-order valence-corrected chi connectivity index (χ2v) is 5.62. The normalized spacial score (nSPS) is 10.8. The Hall–Kier alpha value is -2.14. The van der Waals surface area contributed by atoms with Crippen LogP contribution in [0, 0.1) is 12.7 Å². The fraction of sp³-hybridized carbons (Fsp3) is 0.0625. The van der Waals surface area contributed by atoms with E-state index in [2.05, 4.69) is 21.1 Å². The molecule has 2 aromatic carbocycles. The molecule has 0 bridgehead atoms. The topological polar surface area (TPSA) is 52.0 Å². The standard InChI is InChI=1S/C16H12BrFN2O/c1-9-2-4-10(5-3-9)14-15(21-20-16(14)19)12-7-6-11(18)8-13(12)17/h2-8H,1H3,(H2,19,20). The molecule has 3 rings (SSSR count). The molecule has 0 atom stereocenters. The Bertz CT molecular complexity index is 797. The molecule has 0 fully saturated rings. The molecule has 0 aliphatic heterocycles. The van der Waals surface area contributed by atoms with Gasteiger partial charge in [-0.2, -0.15) is 0 Å². The molecule has 0 radical (unpaired) electrons. The summed E-state index contributed by atoms with van der Waals surface area (Å²) in [4.78, 5) is 0.